The highest BCUT2D eigenvalue weighted by molar-refractivity contribution is 5.75. The Morgan fingerprint density at radius 3 is 2.57 bits per heavy atom. The van der Waals surface area contributed by atoms with Crippen LogP contribution in [-0.2, 0) is 6.54 Å². The highest BCUT2D eigenvalue weighted by Crippen LogP contribution is 2.17. The monoisotopic (exact) mass is 287 g/mol. The Morgan fingerprint density at radius 1 is 1.10 bits per heavy atom. The van der Waals surface area contributed by atoms with Crippen LogP contribution >= 0.6 is 0 Å². The molecule has 0 aliphatic heterocycles. The van der Waals surface area contributed by atoms with Crippen molar-refractivity contribution in [1.82, 2.24) is 9.55 Å². The Hall–Kier alpha value is -2.43. The lowest BCUT2D eigenvalue weighted by Gasteiger charge is -2.08. The zero-order valence-corrected chi connectivity index (χ0v) is 11.6. The maximum Gasteiger partial charge on any atom is 0.161 e. The van der Waals surface area contributed by atoms with Crippen molar-refractivity contribution >= 4 is 16.7 Å². The molecular formula is C16H15F2N3. The molecule has 3 rings (SSSR count). The normalized spacial score (nSPS) is 11.0. The average molecular weight is 287 g/mol. The van der Waals surface area contributed by atoms with E-state index in [0.717, 1.165) is 11.8 Å². The van der Waals surface area contributed by atoms with Crippen molar-refractivity contribution in [2.45, 2.75) is 13.5 Å². The van der Waals surface area contributed by atoms with Crippen molar-refractivity contribution in [3.05, 3.63) is 59.9 Å². The van der Waals surface area contributed by atoms with E-state index in [1.54, 1.807) is 10.9 Å². The number of nitrogens with zero attached hydrogens (tertiary/aromatic N) is 2. The first-order valence-electron chi connectivity index (χ1n) is 6.74. The van der Waals surface area contributed by atoms with Crippen LogP contribution in [-0.4, -0.2) is 16.1 Å². The summed E-state index contributed by atoms with van der Waals surface area (Å²) in [6, 6.07) is 10.4. The Labute approximate surface area is 121 Å². The quantitative estimate of drug-likeness (QED) is 0.792. The van der Waals surface area contributed by atoms with Gasteiger partial charge in [-0.2, -0.15) is 0 Å². The van der Waals surface area contributed by atoms with Crippen molar-refractivity contribution < 1.29 is 8.78 Å². The van der Waals surface area contributed by atoms with Crippen LogP contribution in [0.2, 0.25) is 0 Å². The number of hydrogen-bond donors (Lipinski definition) is 1. The second-order valence-electron chi connectivity index (χ2n) is 4.99. The Balaban J connectivity index is 1.70. The van der Waals surface area contributed by atoms with E-state index in [1.165, 1.54) is 11.6 Å². The molecule has 108 valence electrons. The molecule has 0 aliphatic carbocycles. The minimum atomic E-state index is -0.870. The molecule has 0 aliphatic rings. The van der Waals surface area contributed by atoms with Gasteiger partial charge in [0.05, 0.1) is 17.4 Å². The first-order chi connectivity index (χ1) is 10.1. The predicted octanol–water partition coefficient (Wildman–Crippen LogP) is 3.74. The fraction of sp³-hybridized carbons (Fsp3) is 0.188. The molecule has 0 bridgehead atoms. The first kappa shape index (κ1) is 13.5. The number of aryl methyl sites for hydroxylation is 1. The summed E-state index contributed by atoms with van der Waals surface area (Å²) in [5.41, 5.74) is 3.30. The minimum Gasteiger partial charge on any atom is -0.383 e. The molecule has 0 unspecified atom stereocenters. The van der Waals surface area contributed by atoms with E-state index >= 15 is 0 Å². The number of aromatic nitrogens is 2. The summed E-state index contributed by atoms with van der Waals surface area (Å²) in [4.78, 5) is 4.09. The molecule has 3 nitrogen and oxygen atoms in total. The third kappa shape index (κ3) is 2.86. The highest BCUT2D eigenvalue weighted by Gasteiger charge is 2.08. The second kappa shape index (κ2) is 5.52. The standard InChI is InChI=1S/C16H15F2N3/c1-11-2-4-12(5-3-11)19-6-7-21-10-20-15-8-13(17)14(18)9-16(15)21/h2-5,8-10,19H,6-7H2,1H3. The van der Waals surface area contributed by atoms with Gasteiger partial charge in [-0.15, -0.1) is 0 Å². The molecule has 0 fully saturated rings. The molecule has 3 aromatic rings. The Morgan fingerprint density at radius 2 is 1.81 bits per heavy atom. The van der Waals surface area contributed by atoms with Crippen molar-refractivity contribution in [1.29, 1.82) is 0 Å². The fourth-order valence-electron chi connectivity index (χ4n) is 2.22. The van der Waals surface area contributed by atoms with Crippen molar-refractivity contribution in [3.63, 3.8) is 0 Å². The Bertz CT molecular complexity index is 763. The summed E-state index contributed by atoms with van der Waals surface area (Å²) in [5, 5.41) is 3.28. The summed E-state index contributed by atoms with van der Waals surface area (Å²) in [6.45, 7) is 3.33. The number of fused-ring (bicyclic) bond motifs is 1. The number of hydrogen-bond acceptors (Lipinski definition) is 2. The van der Waals surface area contributed by atoms with Crippen LogP contribution in [0.5, 0.6) is 0 Å². The van der Waals surface area contributed by atoms with Crippen molar-refractivity contribution in [3.8, 4) is 0 Å². The highest BCUT2D eigenvalue weighted by atomic mass is 19.2. The number of benzene rings is 2. The molecule has 0 spiro atoms. The van der Waals surface area contributed by atoms with Gasteiger partial charge in [0.25, 0.3) is 0 Å². The molecule has 2 aromatic carbocycles. The van der Waals surface area contributed by atoms with Crippen LogP contribution in [0.15, 0.2) is 42.7 Å². The predicted molar refractivity (Wildman–Crippen MR) is 79.3 cm³/mol. The van der Waals surface area contributed by atoms with Gasteiger partial charge in [0.2, 0.25) is 0 Å². The van der Waals surface area contributed by atoms with E-state index in [4.69, 9.17) is 0 Å². The van der Waals surface area contributed by atoms with Crippen LogP contribution in [0.3, 0.4) is 0 Å². The summed E-state index contributed by atoms with van der Waals surface area (Å²) in [5.74, 6) is -1.72. The van der Waals surface area contributed by atoms with Gasteiger partial charge in [0, 0.05) is 30.9 Å². The van der Waals surface area contributed by atoms with Crippen molar-refractivity contribution in [2.75, 3.05) is 11.9 Å². The maximum atomic E-state index is 13.3. The van der Waals surface area contributed by atoms with Gasteiger partial charge in [-0.1, -0.05) is 17.7 Å². The molecule has 0 amide bonds. The van der Waals surface area contributed by atoms with Crippen LogP contribution in [0.1, 0.15) is 5.56 Å². The molecule has 21 heavy (non-hydrogen) atoms. The van der Waals surface area contributed by atoms with Gasteiger partial charge in [0.15, 0.2) is 11.6 Å². The van der Waals surface area contributed by atoms with Gasteiger partial charge in [-0.3, -0.25) is 0 Å². The minimum absolute atomic E-state index is 0.462. The van der Waals surface area contributed by atoms with Crippen LogP contribution < -0.4 is 5.32 Å². The molecule has 1 N–H and O–H groups in total. The zero-order valence-electron chi connectivity index (χ0n) is 11.6. The molecule has 1 aromatic heterocycles. The summed E-state index contributed by atoms with van der Waals surface area (Å²) in [7, 11) is 0. The second-order valence-corrected chi connectivity index (χ2v) is 4.99. The van der Waals surface area contributed by atoms with E-state index in [-0.39, 0.29) is 0 Å². The van der Waals surface area contributed by atoms with Crippen LogP contribution in [0.4, 0.5) is 14.5 Å². The number of anilines is 1. The molecule has 0 atom stereocenters. The maximum absolute atomic E-state index is 13.3. The molecular weight excluding hydrogens is 272 g/mol. The topological polar surface area (TPSA) is 29.9 Å². The number of rotatable bonds is 4. The SMILES string of the molecule is Cc1ccc(NCCn2cnc3cc(F)c(F)cc32)cc1. The van der Waals surface area contributed by atoms with E-state index in [9.17, 15) is 8.78 Å². The molecule has 5 heteroatoms. The summed E-state index contributed by atoms with van der Waals surface area (Å²) < 4.78 is 28.2. The number of nitrogens with one attached hydrogen (secondary N) is 1. The molecule has 1 heterocycles. The lowest BCUT2D eigenvalue weighted by atomic mass is 10.2. The van der Waals surface area contributed by atoms with Crippen LogP contribution in [0.25, 0.3) is 11.0 Å². The van der Waals surface area contributed by atoms with E-state index in [0.29, 0.717) is 24.1 Å². The zero-order chi connectivity index (χ0) is 14.8. The van der Waals surface area contributed by atoms with E-state index in [1.807, 2.05) is 31.2 Å². The lowest BCUT2D eigenvalue weighted by molar-refractivity contribution is 0.510. The molecule has 0 radical (unpaired) electrons. The average Bonchev–Trinajstić information content (AvgIpc) is 2.84. The summed E-state index contributed by atoms with van der Waals surface area (Å²) >= 11 is 0. The smallest absolute Gasteiger partial charge is 0.161 e. The third-order valence-electron chi connectivity index (χ3n) is 3.40. The van der Waals surface area contributed by atoms with Crippen LogP contribution in [0, 0.1) is 18.6 Å². The van der Waals surface area contributed by atoms with Gasteiger partial charge >= 0.3 is 0 Å². The fourth-order valence-corrected chi connectivity index (χ4v) is 2.22. The number of halogens is 2. The molecule has 0 saturated carbocycles. The largest absolute Gasteiger partial charge is 0.383 e. The van der Waals surface area contributed by atoms with Gasteiger partial charge in [0.1, 0.15) is 0 Å². The van der Waals surface area contributed by atoms with E-state index < -0.39 is 11.6 Å². The van der Waals surface area contributed by atoms with Gasteiger partial charge in [-0.25, -0.2) is 13.8 Å². The number of imidazole rings is 1. The Kier molecular flexibility index (Phi) is 3.56. The van der Waals surface area contributed by atoms with Gasteiger partial charge < -0.3 is 9.88 Å². The van der Waals surface area contributed by atoms with E-state index in [2.05, 4.69) is 10.3 Å². The first-order valence-corrected chi connectivity index (χ1v) is 6.74. The summed E-state index contributed by atoms with van der Waals surface area (Å²) in [6.07, 6.45) is 1.60. The van der Waals surface area contributed by atoms with Gasteiger partial charge in [-0.05, 0) is 19.1 Å². The molecule has 0 saturated heterocycles. The third-order valence-corrected chi connectivity index (χ3v) is 3.40. The van der Waals surface area contributed by atoms with Crippen molar-refractivity contribution in [2.24, 2.45) is 0 Å². The lowest BCUT2D eigenvalue weighted by Crippen LogP contribution is -2.09.